The van der Waals surface area contributed by atoms with Gasteiger partial charge in [-0.25, -0.2) is 9.59 Å². The molecular formula is C28H27NO7. The van der Waals surface area contributed by atoms with E-state index in [1.165, 1.54) is 0 Å². The van der Waals surface area contributed by atoms with Gasteiger partial charge >= 0.3 is 12.1 Å². The van der Waals surface area contributed by atoms with E-state index >= 15 is 0 Å². The molecule has 4 rings (SSSR count). The monoisotopic (exact) mass is 489 g/mol. The molecule has 0 unspecified atom stereocenters. The minimum atomic E-state index is -1.03. The van der Waals surface area contributed by atoms with Crippen LogP contribution in [0.15, 0.2) is 78.9 Å². The summed E-state index contributed by atoms with van der Waals surface area (Å²) in [5.74, 6) is -0.0843. The highest BCUT2D eigenvalue weighted by Crippen LogP contribution is 2.30. The van der Waals surface area contributed by atoms with Crippen LogP contribution in [0.5, 0.6) is 11.5 Å². The van der Waals surface area contributed by atoms with Crippen molar-refractivity contribution in [3.8, 4) is 11.5 Å². The number of ketones is 1. The molecule has 3 aromatic rings. The quantitative estimate of drug-likeness (QED) is 0.357. The summed E-state index contributed by atoms with van der Waals surface area (Å²) in [6.07, 6.45) is 0.170. The van der Waals surface area contributed by atoms with E-state index in [4.69, 9.17) is 18.9 Å². The Morgan fingerprint density at radius 1 is 0.806 bits per heavy atom. The first-order valence-corrected chi connectivity index (χ1v) is 11.7. The number of amides is 1. The molecule has 186 valence electrons. The highest BCUT2D eigenvalue weighted by atomic mass is 16.6. The Bertz CT molecular complexity index is 1180. The minimum Gasteiger partial charge on any atom is -0.490 e. The Labute approximate surface area is 209 Å². The molecule has 1 aliphatic rings. The second-order valence-corrected chi connectivity index (χ2v) is 8.19. The van der Waals surface area contributed by atoms with Crippen LogP contribution in [-0.2, 0) is 27.3 Å². The van der Waals surface area contributed by atoms with Crippen molar-refractivity contribution in [2.45, 2.75) is 25.5 Å². The molecule has 0 spiro atoms. The lowest BCUT2D eigenvalue weighted by atomic mass is 10.1. The number of carbonyl (C=O) groups excluding carboxylic acids is 3. The third-order valence-electron chi connectivity index (χ3n) is 5.49. The highest BCUT2D eigenvalue weighted by molar-refractivity contribution is 5.98. The van der Waals surface area contributed by atoms with Crippen molar-refractivity contribution in [1.29, 1.82) is 0 Å². The smallest absolute Gasteiger partial charge is 0.408 e. The average Bonchev–Trinajstić information content (AvgIpc) is 3.16. The highest BCUT2D eigenvalue weighted by Gasteiger charge is 2.25. The first-order valence-electron chi connectivity index (χ1n) is 11.7. The van der Waals surface area contributed by atoms with Gasteiger partial charge in [-0.1, -0.05) is 60.7 Å². The molecule has 0 bridgehead atoms. The number of benzene rings is 3. The Kier molecular flexibility index (Phi) is 8.53. The molecule has 8 nitrogen and oxygen atoms in total. The third-order valence-corrected chi connectivity index (χ3v) is 5.49. The molecule has 0 aliphatic carbocycles. The van der Waals surface area contributed by atoms with E-state index in [1.54, 1.807) is 18.2 Å². The van der Waals surface area contributed by atoms with Gasteiger partial charge in [-0.2, -0.15) is 0 Å². The maximum absolute atomic E-state index is 12.9. The van der Waals surface area contributed by atoms with Gasteiger partial charge in [0.2, 0.25) is 0 Å². The molecule has 8 heteroatoms. The summed E-state index contributed by atoms with van der Waals surface area (Å²) in [5, 5.41) is 2.56. The molecule has 1 amide bonds. The van der Waals surface area contributed by atoms with Crippen LogP contribution in [0.3, 0.4) is 0 Å². The van der Waals surface area contributed by atoms with Crippen LogP contribution in [0.4, 0.5) is 4.79 Å². The fourth-order valence-electron chi connectivity index (χ4n) is 3.61. The van der Waals surface area contributed by atoms with Crippen molar-refractivity contribution >= 4 is 17.8 Å². The van der Waals surface area contributed by atoms with E-state index in [1.807, 2.05) is 60.7 Å². The van der Waals surface area contributed by atoms with Crippen LogP contribution >= 0.6 is 0 Å². The van der Waals surface area contributed by atoms with Crippen LogP contribution in [0.25, 0.3) is 0 Å². The first kappa shape index (κ1) is 24.8. The summed E-state index contributed by atoms with van der Waals surface area (Å²) in [7, 11) is 0. The van der Waals surface area contributed by atoms with Crippen LogP contribution < -0.4 is 14.8 Å². The number of fused-ring (bicyclic) bond motifs is 1. The molecular weight excluding hydrogens is 462 g/mol. The van der Waals surface area contributed by atoms with Gasteiger partial charge in [0.1, 0.15) is 12.6 Å². The Morgan fingerprint density at radius 3 is 2.19 bits per heavy atom. The van der Waals surface area contributed by atoms with Crippen LogP contribution in [0.2, 0.25) is 0 Å². The van der Waals surface area contributed by atoms with Crippen molar-refractivity contribution in [2.24, 2.45) is 0 Å². The summed E-state index contributed by atoms with van der Waals surface area (Å²) in [6.45, 7) is 0.612. The fraction of sp³-hybridized carbons (Fsp3) is 0.250. The molecule has 0 radical (unpaired) electrons. The Morgan fingerprint density at radius 2 is 1.47 bits per heavy atom. The number of rotatable bonds is 9. The zero-order valence-corrected chi connectivity index (χ0v) is 19.7. The molecule has 1 heterocycles. The van der Waals surface area contributed by atoms with Gasteiger partial charge in [0.05, 0.1) is 13.2 Å². The number of carbonyl (C=O) groups is 3. The molecule has 0 saturated heterocycles. The summed E-state index contributed by atoms with van der Waals surface area (Å²) < 4.78 is 21.8. The largest absolute Gasteiger partial charge is 0.490 e. The van der Waals surface area contributed by atoms with Crippen molar-refractivity contribution in [3.63, 3.8) is 0 Å². The molecule has 36 heavy (non-hydrogen) atoms. The normalized spacial score (nSPS) is 13.1. The predicted molar refractivity (Wildman–Crippen MR) is 131 cm³/mol. The number of hydrogen-bond donors (Lipinski definition) is 1. The lowest BCUT2D eigenvalue weighted by Crippen LogP contribution is -2.44. The maximum Gasteiger partial charge on any atom is 0.408 e. The van der Waals surface area contributed by atoms with Crippen LogP contribution in [0, 0.1) is 0 Å². The number of alkyl carbamates (subject to hydrolysis) is 1. The lowest BCUT2D eigenvalue weighted by Gasteiger charge is -2.18. The summed E-state index contributed by atoms with van der Waals surface area (Å²) in [6, 6.07) is 22.2. The van der Waals surface area contributed by atoms with Gasteiger partial charge in [-0.3, -0.25) is 4.79 Å². The number of ether oxygens (including phenoxy) is 4. The molecule has 1 aliphatic heterocycles. The van der Waals surface area contributed by atoms with Gasteiger partial charge in [-0.05, 0) is 29.3 Å². The molecule has 1 N–H and O–H groups in total. The van der Waals surface area contributed by atoms with Gasteiger partial charge in [0, 0.05) is 18.4 Å². The second-order valence-electron chi connectivity index (χ2n) is 8.19. The third kappa shape index (κ3) is 7.09. The number of hydrogen-bond acceptors (Lipinski definition) is 7. The van der Waals surface area contributed by atoms with Gasteiger partial charge in [0.15, 0.2) is 23.9 Å². The van der Waals surface area contributed by atoms with Crippen molar-refractivity contribution in [2.75, 3.05) is 19.8 Å². The topological polar surface area (TPSA) is 100 Å². The van der Waals surface area contributed by atoms with Crippen molar-refractivity contribution in [1.82, 2.24) is 5.32 Å². The average molecular weight is 490 g/mol. The molecule has 0 aromatic heterocycles. The molecule has 3 aromatic carbocycles. The summed E-state index contributed by atoms with van der Waals surface area (Å²) in [4.78, 5) is 38.0. The van der Waals surface area contributed by atoms with E-state index in [0.29, 0.717) is 30.3 Å². The molecule has 0 saturated carbocycles. The number of nitrogens with one attached hydrogen (secondary N) is 1. The number of Topliss-reactive ketones (excluding diaryl/α,β-unsaturated/α-hetero) is 1. The van der Waals surface area contributed by atoms with Crippen molar-refractivity contribution in [3.05, 3.63) is 95.6 Å². The van der Waals surface area contributed by atoms with Crippen molar-refractivity contribution < 1.29 is 33.3 Å². The Hall–Kier alpha value is -4.33. The first-order chi connectivity index (χ1) is 17.6. The fourth-order valence-corrected chi connectivity index (χ4v) is 3.61. The zero-order valence-electron chi connectivity index (χ0n) is 19.7. The van der Waals surface area contributed by atoms with E-state index in [2.05, 4.69) is 5.32 Å². The van der Waals surface area contributed by atoms with Crippen LogP contribution in [-0.4, -0.2) is 43.7 Å². The molecule has 0 fully saturated rings. The SMILES string of the molecule is O=C(N[C@@H](Cc1ccccc1)C(=O)OCC(=O)c1ccc2c(c1)OCCCO2)OCc1ccccc1. The van der Waals surface area contributed by atoms with Gasteiger partial charge in [0.25, 0.3) is 0 Å². The van der Waals surface area contributed by atoms with E-state index in [9.17, 15) is 14.4 Å². The Balaban J connectivity index is 1.37. The van der Waals surface area contributed by atoms with E-state index in [0.717, 1.165) is 17.5 Å². The minimum absolute atomic E-state index is 0.0579. The summed E-state index contributed by atoms with van der Waals surface area (Å²) >= 11 is 0. The zero-order chi connectivity index (χ0) is 25.2. The predicted octanol–water partition coefficient (Wildman–Crippen LogP) is 4.11. The number of esters is 1. The molecule has 1 atom stereocenters. The van der Waals surface area contributed by atoms with Crippen LogP contribution in [0.1, 0.15) is 27.9 Å². The van der Waals surface area contributed by atoms with Gasteiger partial charge in [-0.15, -0.1) is 0 Å². The van der Waals surface area contributed by atoms with Gasteiger partial charge < -0.3 is 24.3 Å². The maximum atomic E-state index is 12.9. The summed E-state index contributed by atoms with van der Waals surface area (Å²) in [5.41, 5.74) is 1.97. The van der Waals surface area contributed by atoms with E-state index in [-0.39, 0.29) is 13.0 Å². The van der Waals surface area contributed by atoms with E-state index < -0.39 is 30.5 Å². The lowest BCUT2D eigenvalue weighted by molar-refractivity contribution is -0.144. The second kappa shape index (κ2) is 12.4. The standard InChI is InChI=1S/C28H27NO7/c30-24(22-12-13-25-26(17-22)34-15-7-14-33-25)19-35-27(31)23(16-20-8-3-1-4-9-20)29-28(32)36-18-21-10-5-2-6-11-21/h1-6,8-13,17,23H,7,14-16,18-19H2,(H,29,32)/t23-/m0/s1.